The molecule has 3 aromatic rings. The standard InChI is InChI=1S/C21H16F3N3O/c1-13(20(25)28)14-5-10-17(18-4-2-3-11-26-18)19(12-14)27-16-8-6-15(7-9-16)21(22,23)24/h2-12,27H,1H2,(H2,25,28). The molecule has 3 rings (SSSR count). The second-order valence-corrected chi connectivity index (χ2v) is 6.02. The van der Waals surface area contributed by atoms with Gasteiger partial charge < -0.3 is 11.1 Å². The van der Waals surface area contributed by atoms with Crippen molar-refractivity contribution in [3.8, 4) is 11.3 Å². The van der Waals surface area contributed by atoms with E-state index >= 15 is 0 Å². The second-order valence-electron chi connectivity index (χ2n) is 6.02. The summed E-state index contributed by atoms with van der Waals surface area (Å²) in [5.41, 5.74) is 7.57. The summed E-state index contributed by atoms with van der Waals surface area (Å²) in [4.78, 5) is 15.7. The van der Waals surface area contributed by atoms with E-state index in [0.717, 1.165) is 12.1 Å². The van der Waals surface area contributed by atoms with Gasteiger partial charge in [0.05, 0.1) is 11.3 Å². The highest BCUT2D eigenvalue weighted by Crippen LogP contribution is 2.34. The molecule has 0 fully saturated rings. The lowest BCUT2D eigenvalue weighted by Crippen LogP contribution is -2.12. The van der Waals surface area contributed by atoms with E-state index in [1.54, 1.807) is 36.5 Å². The minimum absolute atomic E-state index is 0.128. The van der Waals surface area contributed by atoms with Gasteiger partial charge in [0, 0.05) is 28.7 Å². The van der Waals surface area contributed by atoms with Crippen molar-refractivity contribution in [3.05, 3.63) is 84.6 Å². The first kappa shape index (κ1) is 19.2. The van der Waals surface area contributed by atoms with Crippen LogP contribution < -0.4 is 11.1 Å². The number of hydrogen-bond donors (Lipinski definition) is 2. The molecule has 0 spiro atoms. The summed E-state index contributed by atoms with van der Waals surface area (Å²) < 4.78 is 38.3. The summed E-state index contributed by atoms with van der Waals surface area (Å²) in [5, 5.41) is 3.08. The van der Waals surface area contributed by atoms with Crippen LogP contribution in [0.5, 0.6) is 0 Å². The van der Waals surface area contributed by atoms with Crippen LogP contribution in [0.15, 0.2) is 73.4 Å². The zero-order chi connectivity index (χ0) is 20.3. The van der Waals surface area contributed by atoms with Crippen molar-refractivity contribution in [1.29, 1.82) is 0 Å². The molecule has 1 aromatic heterocycles. The molecule has 0 aliphatic carbocycles. The van der Waals surface area contributed by atoms with Gasteiger partial charge >= 0.3 is 6.18 Å². The predicted molar refractivity (Wildman–Crippen MR) is 103 cm³/mol. The zero-order valence-corrected chi connectivity index (χ0v) is 14.6. The number of carbonyl (C=O) groups excluding carboxylic acids is 1. The molecule has 7 heteroatoms. The van der Waals surface area contributed by atoms with Crippen LogP contribution in [0.4, 0.5) is 24.5 Å². The van der Waals surface area contributed by atoms with Gasteiger partial charge in [-0.15, -0.1) is 0 Å². The molecule has 2 aromatic carbocycles. The quantitative estimate of drug-likeness (QED) is 0.609. The van der Waals surface area contributed by atoms with Crippen LogP contribution in [-0.4, -0.2) is 10.9 Å². The number of aromatic nitrogens is 1. The zero-order valence-electron chi connectivity index (χ0n) is 14.6. The Hall–Kier alpha value is -3.61. The molecule has 142 valence electrons. The number of rotatable bonds is 5. The Morgan fingerprint density at radius 1 is 1.04 bits per heavy atom. The number of pyridine rings is 1. The summed E-state index contributed by atoms with van der Waals surface area (Å²) in [7, 11) is 0. The highest BCUT2D eigenvalue weighted by Gasteiger charge is 2.29. The number of benzene rings is 2. The fourth-order valence-electron chi connectivity index (χ4n) is 2.62. The minimum Gasteiger partial charge on any atom is -0.366 e. The number of nitrogens with zero attached hydrogens (tertiary/aromatic N) is 1. The number of halogens is 3. The molecule has 0 atom stereocenters. The van der Waals surface area contributed by atoms with E-state index in [0.29, 0.717) is 28.2 Å². The molecular weight excluding hydrogens is 367 g/mol. The predicted octanol–water partition coefficient (Wildman–Crippen LogP) is 5.01. The monoisotopic (exact) mass is 383 g/mol. The van der Waals surface area contributed by atoms with Gasteiger partial charge in [-0.1, -0.05) is 24.8 Å². The molecule has 0 bridgehead atoms. The summed E-state index contributed by atoms with van der Waals surface area (Å²) in [6.07, 6.45) is -2.77. The van der Waals surface area contributed by atoms with Crippen LogP contribution >= 0.6 is 0 Å². The van der Waals surface area contributed by atoms with Crippen LogP contribution in [0.1, 0.15) is 11.1 Å². The Bertz CT molecular complexity index is 1010. The van der Waals surface area contributed by atoms with E-state index in [1.807, 2.05) is 6.07 Å². The Morgan fingerprint density at radius 2 is 1.75 bits per heavy atom. The molecule has 4 nitrogen and oxygen atoms in total. The SMILES string of the molecule is C=C(C(N)=O)c1ccc(-c2ccccn2)c(Nc2ccc(C(F)(F)F)cc2)c1. The fraction of sp³-hybridized carbons (Fsp3) is 0.0476. The molecule has 0 saturated carbocycles. The molecule has 0 unspecified atom stereocenters. The van der Waals surface area contributed by atoms with E-state index in [9.17, 15) is 18.0 Å². The summed E-state index contributed by atoms with van der Waals surface area (Å²) in [6.45, 7) is 3.67. The van der Waals surface area contributed by atoms with Gasteiger partial charge in [-0.3, -0.25) is 9.78 Å². The first-order chi connectivity index (χ1) is 13.3. The first-order valence-corrected chi connectivity index (χ1v) is 8.24. The number of primary amides is 1. The normalized spacial score (nSPS) is 11.1. The molecule has 0 aliphatic heterocycles. The van der Waals surface area contributed by atoms with Gasteiger partial charge in [-0.25, -0.2) is 0 Å². The molecule has 3 N–H and O–H groups in total. The number of nitrogens with one attached hydrogen (secondary N) is 1. The lowest BCUT2D eigenvalue weighted by Gasteiger charge is -2.15. The maximum absolute atomic E-state index is 12.8. The van der Waals surface area contributed by atoms with E-state index in [2.05, 4.69) is 16.9 Å². The van der Waals surface area contributed by atoms with E-state index in [4.69, 9.17) is 5.73 Å². The maximum atomic E-state index is 12.8. The van der Waals surface area contributed by atoms with Crippen molar-refractivity contribution in [2.75, 3.05) is 5.32 Å². The van der Waals surface area contributed by atoms with E-state index in [-0.39, 0.29) is 5.57 Å². The molecule has 0 radical (unpaired) electrons. The minimum atomic E-state index is -4.41. The van der Waals surface area contributed by atoms with Crippen LogP contribution in [-0.2, 0) is 11.0 Å². The Kier molecular flexibility index (Phi) is 5.17. The van der Waals surface area contributed by atoms with Gasteiger partial charge in [-0.2, -0.15) is 13.2 Å². The maximum Gasteiger partial charge on any atom is 0.416 e. The van der Waals surface area contributed by atoms with Crippen LogP contribution in [0, 0.1) is 0 Å². The number of amides is 1. The van der Waals surface area contributed by atoms with Crippen molar-refractivity contribution in [2.45, 2.75) is 6.18 Å². The second kappa shape index (κ2) is 7.56. The molecule has 1 amide bonds. The molecule has 0 aliphatic rings. The van der Waals surface area contributed by atoms with E-state index in [1.165, 1.54) is 12.1 Å². The first-order valence-electron chi connectivity index (χ1n) is 8.24. The van der Waals surface area contributed by atoms with Crippen molar-refractivity contribution < 1.29 is 18.0 Å². The summed E-state index contributed by atoms with van der Waals surface area (Å²) in [6, 6.07) is 15.2. The van der Waals surface area contributed by atoms with Gasteiger partial charge in [0.15, 0.2) is 0 Å². The third kappa shape index (κ3) is 4.20. The smallest absolute Gasteiger partial charge is 0.366 e. The van der Waals surface area contributed by atoms with Gasteiger partial charge in [-0.05, 0) is 48.0 Å². The third-order valence-corrected chi connectivity index (χ3v) is 4.10. The van der Waals surface area contributed by atoms with Crippen molar-refractivity contribution in [3.63, 3.8) is 0 Å². The van der Waals surface area contributed by atoms with Crippen LogP contribution in [0.2, 0.25) is 0 Å². The topological polar surface area (TPSA) is 68.0 Å². The number of nitrogens with two attached hydrogens (primary N) is 1. The Morgan fingerprint density at radius 3 is 2.32 bits per heavy atom. The van der Waals surface area contributed by atoms with Crippen LogP contribution in [0.25, 0.3) is 16.8 Å². The lowest BCUT2D eigenvalue weighted by atomic mass is 10.0. The third-order valence-electron chi connectivity index (χ3n) is 4.10. The number of anilines is 2. The molecule has 1 heterocycles. The fourth-order valence-corrected chi connectivity index (χ4v) is 2.62. The van der Waals surface area contributed by atoms with E-state index < -0.39 is 17.6 Å². The van der Waals surface area contributed by atoms with Crippen molar-refractivity contribution in [1.82, 2.24) is 4.98 Å². The lowest BCUT2D eigenvalue weighted by molar-refractivity contribution is -0.137. The highest BCUT2D eigenvalue weighted by molar-refractivity contribution is 6.18. The number of carbonyl (C=O) groups is 1. The Labute approximate surface area is 159 Å². The number of hydrogen-bond acceptors (Lipinski definition) is 3. The summed E-state index contributed by atoms with van der Waals surface area (Å²) in [5.74, 6) is -0.661. The average molecular weight is 383 g/mol. The highest BCUT2D eigenvalue weighted by atomic mass is 19.4. The van der Waals surface area contributed by atoms with Gasteiger partial charge in [0.2, 0.25) is 5.91 Å². The largest absolute Gasteiger partial charge is 0.416 e. The molecule has 0 saturated heterocycles. The Balaban J connectivity index is 2.02. The summed E-state index contributed by atoms with van der Waals surface area (Å²) >= 11 is 0. The van der Waals surface area contributed by atoms with Crippen molar-refractivity contribution in [2.24, 2.45) is 5.73 Å². The van der Waals surface area contributed by atoms with Crippen LogP contribution in [0.3, 0.4) is 0 Å². The number of alkyl halides is 3. The van der Waals surface area contributed by atoms with Gasteiger partial charge in [0.1, 0.15) is 0 Å². The molecular formula is C21H16F3N3O. The molecule has 28 heavy (non-hydrogen) atoms. The average Bonchev–Trinajstić information content (AvgIpc) is 2.67. The van der Waals surface area contributed by atoms with Gasteiger partial charge in [0.25, 0.3) is 0 Å². The van der Waals surface area contributed by atoms with Crippen molar-refractivity contribution >= 4 is 22.9 Å².